The van der Waals surface area contributed by atoms with Gasteiger partial charge in [0, 0.05) is 5.56 Å². The number of para-hydroxylation sites is 1. The number of phenolic OH excluding ortho intramolecular Hbond substituents is 1. The molecule has 0 spiro atoms. The van der Waals surface area contributed by atoms with E-state index >= 15 is 0 Å². The van der Waals surface area contributed by atoms with Gasteiger partial charge in [0.2, 0.25) is 0 Å². The van der Waals surface area contributed by atoms with Crippen molar-refractivity contribution in [3.63, 3.8) is 0 Å². The van der Waals surface area contributed by atoms with Gasteiger partial charge >= 0.3 is 11.9 Å². The van der Waals surface area contributed by atoms with Gasteiger partial charge in [-0.25, -0.2) is 14.3 Å². The number of hydrogen-bond acceptors (Lipinski definition) is 7. The lowest BCUT2D eigenvalue weighted by Gasteiger charge is -2.14. The van der Waals surface area contributed by atoms with Gasteiger partial charge in [-0.3, -0.25) is 0 Å². The average molecular weight is 410 g/mol. The number of carbonyl (C=O) groups is 2. The first-order valence-corrected chi connectivity index (χ1v) is 9.08. The lowest BCUT2D eigenvalue weighted by atomic mass is 9.97. The number of aromatic nitrogens is 2. The molecule has 0 aliphatic rings. The quantitative estimate of drug-likeness (QED) is 0.643. The van der Waals surface area contributed by atoms with Crippen molar-refractivity contribution in [2.75, 3.05) is 21.3 Å². The molecule has 0 atom stereocenters. The maximum Gasteiger partial charge on any atom is 0.357 e. The summed E-state index contributed by atoms with van der Waals surface area (Å²) in [5.74, 6) is -1.13. The number of phenols is 1. The topological polar surface area (TPSA) is 99.9 Å². The summed E-state index contributed by atoms with van der Waals surface area (Å²) >= 11 is 0. The minimum atomic E-state index is -0.786. The molecule has 3 aromatic rings. The Morgan fingerprint density at radius 2 is 1.63 bits per heavy atom. The SMILES string of the molecule is COC(=O)c1c(-c2c(O)cc(C)c(OC)c2C)nn(-c2ccccc2)c1C(=O)OC. The third-order valence-corrected chi connectivity index (χ3v) is 4.78. The van der Waals surface area contributed by atoms with E-state index in [2.05, 4.69) is 5.10 Å². The van der Waals surface area contributed by atoms with Crippen LogP contribution in [0.4, 0.5) is 0 Å². The third kappa shape index (κ3) is 3.36. The molecule has 0 aliphatic carbocycles. The van der Waals surface area contributed by atoms with Crippen molar-refractivity contribution in [3.8, 4) is 28.4 Å². The standard InChI is InChI=1S/C22H22N2O6/c1-12-11-15(25)16(13(2)20(12)28-3)18-17(21(26)29-4)19(22(27)30-5)24(23-18)14-9-7-6-8-10-14/h6-11,25H,1-5H3. The lowest BCUT2D eigenvalue weighted by molar-refractivity contribution is 0.0549. The van der Waals surface area contributed by atoms with E-state index < -0.39 is 11.9 Å². The predicted octanol–water partition coefficient (Wildman–Crippen LogP) is 3.44. The molecule has 8 heteroatoms. The van der Waals surface area contributed by atoms with Gasteiger partial charge in [-0.05, 0) is 37.6 Å². The molecule has 2 aromatic carbocycles. The molecule has 0 saturated carbocycles. The van der Waals surface area contributed by atoms with Crippen LogP contribution in [0, 0.1) is 13.8 Å². The van der Waals surface area contributed by atoms with Crippen molar-refractivity contribution in [1.82, 2.24) is 9.78 Å². The van der Waals surface area contributed by atoms with Crippen molar-refractivity contribution < 1.29 is 28.9 Å². The largest absolute Gasteiger partial charge is 0.507 e. The highest BCUT2D eigenvalue weighted by Crippen LogP contribution is 2.41. The third-order valence-electron chi connectivity index (χ3n) is 4.78. The molecule has 0 radical (unpaired) electrons. The summed E-state index contributed by atoms with van der Waals surface area (Å²) in [6, 6.07) is 10.3. The van der Waals surface area contributed by atoms with Gasteiger partial charge < -0.3 is 19.3 Å². The number of esters is 2. The Labute approximate surface area is 173 Å². The Bertz CT molecular complexity index is 1120. The van der Waals surface area contributed by atoms with Crippen LogP contribution in [-0.4, -0.2) is 48.2 Å². The molecule has 3 rings (SSSR count). The van der Waals surface area contributed by atoms with Gasteiger partial charge in [-0.1, -0.05) is 18.2 Å². The molecule has 1 heterocycles. The fourth-order valence-corrected chi connectivity index (χ4v) is 3.49. The van der Waals surface area contributed by atoms with Crippen LogP contribution in [0.5, 0.6) is 11.5 Å². The van der Waals surface area contributed by atoms with Crippen molar-refractivity contribution in [3.05, 3.63) is 58.8 Å². The maximum atomic E-state index is 12.7. The molecule has 1 aromatic heterocycles. The number of nitrogens with zero attached hydrogens (tertiary/aromatic N) is 2. The first-order valence-electron chi connectivity index (χ1n) is 9.08. The van der Waals surface area contributed by atoms with E-state index in [0.29, 0.717) is 22.6 Å². The zero-order valence-electron chi connectivity index (χ0n) is 17.3. The summed E-state index contributed by atoms with van der Waals surface area (Å²) in [6.45, 7) is 3.53. The van der Waals surface area contributed by atoms with Gasteiger partial charge in [0.1, 0.15) is 22.8 Å². The minimum absolute atomic E-state index is 0.0828. The average Bonchev–Trinajstić information content (AvgIpc) is 3.13. The second-order valence-corrected chi connectivity index (χ2v) is 6.55. The Morgan fingerprint density at radius 3 is 2.20 bits per heavy atom. The molecule has 0 aliphatic heterocycles. The van der Waals surface area contributed by atoms with Crippen LogP contribution >= 0.6 is 0 Å². The molecule has 0 saturated heterocycles. The number of rotatable bonds is 5. The number of methoxy groups -OCH3 is 3. The molecule has 8 nitrogen and oxygen atoms in total. The molecule has 30 heavy (non-hydrogen) atoms. The van der Waals surface area contributed by atoms with Crippen LogP contribution in [0.2, 0.25) is 0 Å². The summed E-state index contributed by atoms with van der Waals surface area (Å²) in [5, 5.41) is 15.2. The Morgan fingerprint density at radius 1 is 1.00 bits per heavy atom. The van der Waals surface area contributed by atoms with E-state index in [1.165, 1.54) is 32.1 Å². The van der Waals surface area contributed by atoms with E-state index in [0.717, 1.165) is 0 Å². The van der Waals surface area contributed by atoms with E-state index in [-0.39, 0.29) is 28.3 Å². The van der Waals surface area contributed by atoms with Gasteiger partial charge in [0.15, 0.2) is 5.69 Å². The van der Waals surface area contributed by atoms with Crippen LogP contribution in [0.15, 0.2) is 36.4 Å². The first kappa shape index (κ1) is 20.9. The molecular weight excluding hydrogens is 388 g/mol. The molecule has 0 fully saturated rings. The summed E-state index contributed by atoms with van der Waals surface area (Å²) < 4.78 is 16.6. The minimum Gasteiger partial charge on any atom is -0.507 e. The fourth-order valence-electron chi connectivity index (χ4n) is 3.49. The van der Waals surface area contributed by atoms with Gasteiger partial charge in [0.05, 0.1) is 32.6 Å². The lowest BCUT2D eigenvalue weighted by Crippen LogP contribution is -2.15. The normalized spacial score (nSPS) is 10.6. The van der Waals surface area contributed by atoms with Crippen molar-refractivity contribution in [1.29, 1.82) is 0 Å². The monoisotopic (exact) mass is 410 g/mol. The number of ether oxygens (including phenoxy) is 3. The molecule has 0 unspecified atom stereocenters. The van der Waals surface area contributed by atoms with Crippen LogP contribution in [0.3, 0.4) is 0 Å². The van der Waals surface area contributed by atoms with Gasteiger partial charge in [-0.15, -0.1) is 0 Å². The number of aryl methyl sites for hydroxylation is 1. The van der Waals surface area contributed by atoms with Crippen molar-refractivity contribution >= 4 is 11.9 Å². The summed E-state index contributed by atoms with van der Waals surface area (Å²) in [4.78, 5) is 25.4. The molecule has 0 amide bonds. The highest BCUT2D eigenvalue weighted by Gasteiger charge is 2.33. The van der Waals surface area contributed by atoms with E-state index in [1.54, 1.807) is 38.1 Å². The number of benzene rings is 2. The molecule has 0 bridgehead atoms. The van der Waals surface area contributed by atoms with Crippen LogP contribution in [0.25, 0.3) is 16.9 Å². The number of carbonyl (C=O) groups excluding carboxylic acids is 2. The highest BCUT2D eigenvalue weighted by molar-refractivity contribution is 6.07. The van der Waals surface area contributed by atoms with Crippen LogP contribution in [-0.2, 0) is 9.47 Å². The second-order valence-electron chi connectivity index (χ2n) is 6.55. The van der Waals surface area contributed by atoms with Gasteiger partial charge in [-0.2, -0.15) is 5.10 Å². The van der Waals surface area contributed by atoms with Gasteiger partial charge in [0.25, 0.3) is 0 Å². The highest BCUT2D eigenvalue weighted by atomic mass is 16.5. The van der Waals surface area contributed by atoms with Crippen LogP contribution in [0.1, 0.15) is 32.0 Å². The molecule has 1 N–H and O–H groups in total. The van der Waals surface area contributed by atoms with Crippen LogP contribution < -0.4 is 4.74 Å². The number of hydrogen-bond donors (Lipinski definition) is 1. The zero-order chi connectivity index (χ0) is 22.0. The molecule has 156 valence electrons. The van der Waals surface area contributed by atoms with Crippen molar-refractivity contribution in [2.24, 2.45) is 0 Å². The molecular formula is C22H22N2O6. The van der Waals surface area contributed by atoms with E-state index in [4.69, 9.17) is 14.2 Å². The Hall–Kier alpha value is -3.81. The second kappa shape index (κ2) is 8.28. The Balaban J connectivity index is 2.46. The number of aromatic hydroxyl groups is 1. The fraction of sp³-hybridized carbons (Fsp3) is 0.227. The maximum absolute atomic E-state index is 12.7. The smallest absolute Gasteiger partial charge is 0.357 e. The van der Waals surface area contributed by atoms with E-state index in [1.807, 2.05) is 6.07 Å². The summed E-state index contributed by atoms with van der Waals surface area (Å²) in [5.41, 5.74) is 1.94. The van der Waals surface area contributed by atoms with Crippen molar-refractivity contribution in [2.45, 2.75) is 13.8 Å². The van der Waals surface area contributed by atoms with E-state index in [9.17, 15) is 14.7 Å². The zero-order valence-corrected chi connectivity index (χ0v) is 17.3. The first-order chi connectivity index (χ1) is 14.3. The predicted molar refractivity (Wildman–Crippen MR) is 109 cm³/mol. The summed E-state index contributed by atoms with van der Waals surface area (Å²) in [7, 11) is 3.93. The Kier molecular flexibility index (Phi) is 5.77. The summed E-state index contributed by atoms with van der Waals surface area (Å²) in [6.07, 6.45) is 0.